The lowest BCUT2D eigenvalue weighted by Gasteiger charge is -2.14. The van der Waals surface area contributed by atoms with Gasteiger partial charge in [0, 0.05) is 16.7 Å². The van der Waals surface area contributed by atoms with Crippen LogP contribution in [0.5, 0.6) is 11.5 Å². The zero-order valence-corrected chi connectivity index (χ0v) is 17.0. The van der Waals surface area contributed by atoms with Crippen molar-refractivity contribution < 1.29 is 14.3 Å². The fraction of sp³-hybridized carbons (Fsp3) is 0.350. The predicted octanol–water partition coefficient (Wildman–Crippen LogP) is 5.18. The van der Waals surface area contributed by atoms with Gasteiger partial charge in [0.1, 0.15) is 0 Å². The van der Waals surface area contributed by atoms with Crippen molar-refractivity contribution in [1.29, 1.82) is 0 Å². The van der Waals surface area contributed by atoms with Gasteiger partial charge in [0.15, 0.2) is 11.5 Å². The largest absolute Gasteiger partial charge is 0.493 e. The topological polar surface area (TPSA) is 47.6 Å². The Morgan fingerprint density at radius 3 is 2.65 bits per heavy atom. The predicted molar refractivity (Wildman–Crippen MR) is 108 cm³/mol. The Morgan fingerprint density at radius 1 is 1.27 bits per heavy atom. The average Bonchev–Trinajstić information content (AvgIpc) is 2.61. The van der Waals surface area contributed by atoms with Crippen LogP contribution in [0.15, 0.2) is 41.3 Å². The van der Waals surface area contributed by atoms with Crippen LogP contribution in [0.25, 0.3) is 0 Å². The van der Waals surface area contributed by atoms with Crippen molar-refractivity contribution in [3.8, 4) is 11.5 Å². The summed E-state index contributed by atoms with van der Waals surface area (Å²) < 4.78 is 10.9. The van der Waals surface area contributed by atoms with Gasteiger partial charge in [-0.3, -0.25) is 4.79 Å². The first-order chi connectivity index (χ1) is 12.5. The molecule has 0 heterocycles. The van der Waals surface area contributed by atoms with Crippen molar-refractivity contribution in [2.75, 3.05) is 13.7 Å². The highest BCUT2D eigenvalue weighted by Crippen LogP contribution is 2.36. The number of carbonyl (C=O) groups excluding carboxylic acids is 1. The minimum Gasteiger partial charge on any atom is -0.493 e. The van der Waals surface area contributed by atoms with Crippen molar-refractivity contribution >= 4 is 29.3 Å². The molecule has 0 spiro atoms. The first-order valence-electron chi connectivity index (χ1n) is 8.49. The zero-order chi connectivity index (χ0) is 19.1. The molecule has 140 valence electrons. The Labute approximate surface area is 164 Å². The third-order valence-corrected chi connectivity index (χ3v) is 4.89. The van der Waals surface area contributed by atoms with E-state index in [-0.39, 0.29) is 5.91 Å². The van der Waals surface area contributed by atoms with Gasteiger partial charge in [-0.15, -0.1) is 11.8 Å². The van der Waals surface area contributed by atoms with Crippen molar-refractivity contribution in [2.24, 2.45) is 0 Å². The Morgan fingerprint density at radius 2 is 2.00 bits per heavy atom. The number of halogens is 1. The van der Waals surface area contributed by atoms with E-state index < -0.39 is 0 Å². The highest BCUT2D eigenvalue weighted by Gasteiger charge is 2.15. The van der Waals surface area contributed by atoms with Crippen molar-refractivity contribution in [3.05, 3.63) is 52.5 Å². The summed E-state index contributed by atoms with van der Waals surface area (Å²) in [7, 11) is 1.57. The number of hydrogen-bond donors (Lipinski definition) is 1. The normalized spacial score (nSPS) is 10.7. The number of ether oxygens (including phenoxy) is 2. The molecule has 0 unspecified atom stereocenters. The SMILES string of the molecule is CCOc1c(Cl)cc(CNC(=O)c2ccccc2SC(C)C)cc1OC. The van der Waals surface area contributed by atoms with E-state index in [1.807, 2.05) is 37.3 Å². The second kappa shape index (κ2) is 9.74. The van der Waals surface area contributed by atoms with Crippen LogP contribution >= 0.6 is 23.4 Å². The second-order valence-corrected chi connectivity index (χ2v) is 7.91. The third-order valence-electron chi connectivity index (χ3n) is 3.53. The van der Waals surface area contributed by atoms with Crippen LogP contribution in [0, 0.1) is 0 Å². The minimum absolute atomic E-state index is 0.113. The number of thioether (sulfide) groups is 1. The van der Waals surface area contributed by atoms with Crippen molar-refractivity contribution in [3.63, 3.8) is 0 Å². The summed E-state index contributed by atoms with van der Waals surface area (Å²) in [5, 5.41) is 3.82. The Kier molecular flexibility index (Phi) is 7.66. The molecule has 0 aliphatic carbocycles. The quantitative estimate of drug-likeness (QED) is 0.628. The van der Waals surface area contributed by atoms with Crippen LogP contribution in [-0.4, -0.2) is 24.9 Å². The van der Waals surface area contributed by atoms with Gasteiger partial charge < -0.3 is 14.8 Å². The number of rotatable bonds is 8. The van der Waals surface area contributed by atoms with Crippen molar-refractivity contribution in [1.82, 2.24) is 5.32 Å². The molecule has 0 radical (unpaired) electrons. The lowest BCUT2D eigenvalue weighted by atomic mass is 10.1. The summed E-state index contributed by atoms with van der Waals surface area (Å²) in [5.41, 5.74) is 1.52. The van der Waals surface area contributed by atoms with Gasteiger partial charge in [0.05, 0.1) is 24.3 Å². The molecule has 0 aliphatic heterocycles. The first-order valence-corrected chi connectivity index (χ1v) is 9.75. The molecule has 2 aromatic carbocycles. The maximum absolute atomic E-state index is 12.6. The van der Waals surface area contributed by atoms with Crippen LogP contribution in [0.1, 0.15) is 36.7 Å². The summed E-state index contributed by atoms with van der Waals surface area (Å²) in [4.78, 5) is 13.6. The fourth-order valence-corrected chi connectivity index (χ4v) is 3.69. The summed E-state index contributed by atoms with van der Waals surface area (Å²) in [6.07, 6.45) is 0. The van der Waals surface area contributed by atoms with E-state index in [9.17, 15) is 4.79 Å². The van der Waals surface area contributed by atoms with E-state index in [0.29, 0.717) is 40.5 Å². The number of amides is 1. The average molecular weight is 394 g/mol. The van der Waals surface area contributed by atoms with Crippen LogP contribution < -0.4 is 14.8 Å². The highest BCUT2D eigenvalue weighted by atomic mass is 35.5. The molecular formula is C20H24ClNO3S. The molecule has 0 fully saturated rings. The molecule has 0 atom stereocenters. The first kappa shape index (κ1) is 20.5. The van der Waals surface area contributed by atoms with Crippen molar-refractivity contribution in [2.45, 2.75) is 37.5 Å². The smallest absolute Gasteiger partial charge is 0.252 e. The van der Waals surface area contributed by atoms with Gasteiger partial charge in [-0.05, 0) is 36.8 Å². The van der Waals surface area contributed by atoms with E-state index in [1.54, 1.807) is 24.9 Å². The number of carbonyl (C=O) groups is 1. The summed E-state index contributed by atoms with van der Waals surface area (Å²) >= 11 is 7.96. The van der Waals surface area contributed by atoms with E-state index in [4.69, 9.17) is 21.1 Å². The summed E-state index contributed by atoms with van der Waals surface area (Å²) in [6, 6.07) is 11.2. The molecular weight excluding hydrogens is 370 g/mol. The molecule has 2 rings (SSSR count). The number of hydrogen-bond acceptors (Lipinski definition) is 4. The molecule has 4 nitrogen and oxygen atoms in total. The molecule has 1 N–H and O–H groups in total. The van der Waals surface area contributed by atoms with Crippen LogP contribution in [0.3, 0.4) is 0 Å². The molecule has 0 aliphatic rings. The molecule has 0 aromatic heterocycles. The van der Waals surface area contributed by atoms with Gasteiger partial charge in [-0.2, -0.15) is 0 Å². The highest BCUT2D eigenvalue weighted by molar-refractivity contribution is 8.00. The molecule has 0 saturated heterocycles. The second-order valence-electron chi connectivity index (χ2n) is 5.89. The van der Waals surface area contributed by atoms with Crippen LogP contribution in [0.2, 0.25) is 5.02 Å². The summed E-state index contributed by atoms with van der Waals surface area (Å²) in [6.45, 7) is 6.94. The standard InChI is InChI=1S/C20H24ClNO3S/c1-5-25-19-16(21)10-14(11-17(19)24-4)12-22-20(23)15-8-6-7-9-18(15)26-13(2)3/h6-11,13H,5,12H2,1-4H3,(H,22,23). The maximum atomic E-state index is 12.6. The van der Waals surface area contributed by atoms with E-state index in [0.717, 1.165) is 10.5 Å². The lowest BCUT2D eigenvalue weighted by Crippen LogP contribution is -2.23. The molecule has 0 bridgehead atoms. The Balaban J connectivity index is 2.14. The minimum atomic E-state index is -0.113. The maximum Gasteiger partial charge on any atom is 0.252 e. The molecule has 6 heteroatoms. The fourth-order valence-electron chi connectivity index (χ4n) is 2.45. The van der Waals surface area contributed by atoms with Gasteiger partial charge in [0.2, 0.25) is 0 Å². The van der Waals surface area contributed by atoms with Gasteiger partial charge in [-0.1, -0.05) is 37.6 Å². The molecule has 1 amide bonds. The molecule has 26 heavy (non-hydrogen) atoms. The van der Waals surface area contributed by atoms with Gasteiger partial charge in [-0.25, -0.2) is 0 Å². The lowest BCUT2D eigenvalue weighted by molar-refractivity contribution is 0.0948. The zero-order valence-electron chi connectivity index (χ0n) is 15.5. The number of benzene rings is 2. The van der Waals surface area contributed by atoms with Gasteiger partial charge in [0.25, 0.3) is 5.91 Å². The van der Waals surface area contributed by atoms with E-state index >= 15 is 0 Å². The Bertz CT molecular complexity index is 765. The number of methoxy groups -OCH3 is 1. The van der Waals surface area contributed by atoms with Crippen LogP contribution in [0.4, 0.5) is 0 Å². The Hall–Kier alpha value is -1.85. The molecule has 2 aromatic rings. The van der Waals surface area contributed by atoms with E-state index in [2.05, 4.69) is 19.2 Å². The van der Waals surface area contributed by atoms with Gasteiger partial charge >= 0.3 is 0 Å². The van der Waals surface area contributed by atoms with Crippen LogP contribution in [-0.2, 0) is 6.54 Å². The monoisotopic (exact) mass is 393 g/mol. The third kappa shape index (κ3) is 5.32. The van der Waals surface area contributed by atoms with E-state index in [1.165, 1.54) is 0 Å². The number of nitrogens with one attached hydrogen (secondary N) is 1. The molecule has 0 saturated carbocycles. The summed E-state index contributed by atoms with van der Waals surface area (Å²) in [5.74, 6) is 0.961.